The summed E-state index contributed by atoms with van der Waals surface area (Å²) in [5.41, 5.74) is 2.76. The number of amides is 2. The molecule has 1 heterocycles. The minimum Gasteiger partial charge on any atom is -0.492 e. The van der Waals surface area contributed by atoms with Crippen molar-refractivity contribution in [1.82, 2.24) is 10.6 Å². The van der Waals surface area contributed by atoms with Crippen LogP contribution in [-0.2, 0) is 11.4 Å². The number of nitrogens with one attached hydrogen (secondary N) is 2. The van der Waals surface area contributed by atoms with Crippen LogP contribution in [0.2, 0.25) is 0 Å². The van der Waals surface area contributed by atoms with Gasteiger partial charge in [0.2, 0.25) is 0 Å². The molecule has 174 valence electrons. The Balaban J connectivity index is 1.45. The van der Waals surface area contributed by atoms with Crippen LogP contribution >= 0.6 is 24.0 Å². The Morgan fingerprint density at radius 2 is 1.83 bits per heavy atom. The second kappa shape index (κ2) is 11.7. The van der Waals surface area contributed by atoms with E-state index in [2.05, 4.69) is 10.6 Å². The van der Waals surface area contributed by atoms with Crippen LogP contribution < -0.4 is 25.6 Å². The molecule has 3 aromatic carbocycles. The molecule has 4 rings (SSSR count). The van der Waals surface area contributed by atoms with Crippen molar-refractivity contribution in [3.05, 3.63) is 94.4 Å². The number of hydrogen-bond donors (Lipinski definition) is 2. The highest BCUT2D eigenvalue weighted by Crippen LogP contribution is 2.32. The monoisotopic (exact) mass is 500 g/mol. The lowest BCUT2D eigenvalue weighted by molar-refractivity contribution is -0.115. The van der Waals surface area contributed by atoms with Crippen LogP contribution in [-0.4, -0.2) is 37.1 Å². The highest BCUT2D eigenvalue weighted by atomic mass is 32.2. The van der Waals surface area contributed by atoms with E-state index in [-0.39, 0.29) is 25.0 Å². The third-order valence-corrected chi connectivity index (χ3v) is 6.21. The number of benzene rings is 3. The number of carbonyl (C=O) groups excluding carboxylic acids is 2. The van der Waals surface area contributed by atoms with Gasteiger partial charge in [-0.2, -0.15) is 0 Å². The lowest BCUT2D eigenvalue weighted by atomic mass is 9.91. The van der Waals surface area contributed by atoms with E-state index in [1.807, 2.05) is 48.5 Å². The molecule has 1 fully saturated rings. The van der Waals surface area contributed by atoms with Crippen LogP contribution in [0.15, 0.2) is 77.7 Å². The van der Waals surface area contributed by atoms with E-state index in [0.29, 0.717) is 43.9 Å². The van der Waals surface area contributed by atoms with Gasteiger partial charge in [-0.25, -0.2) is 0 Å². The molecule has 0 aromatic heterocycles. The van der Waals surface area contributed by atoms with Crippen LogP contribution in [0, 0.1) is 0 Å². The standard InChI is InChI=1S/C26H21BN2O4S2/c27-21-9-5-4-8-19(21)16-33-22-15-20(11-10-18(22)14-23-25(31)29-26(34)35-23)32-13-12-28-24(30)17-6-2-1-3-7-17/h1-11,14-15H,12-13,16H2,(H,28,30)(H,29,31,34)/b23-14-. The van der Waals surface area contributed by atoms with Crippen molar-refractivity contribution in [3.8, 4) is 11.5 Å². The fourth-order valence-electron chi connectivity index (χ4n) is 3.26. The first kappa shape index (κ1) is 24.6. The molecule has 3 aromatic rings. The summed E-state index contributed by atoms with van der Waals surface area (Å²) in [6.45, 7) is 0.859. The Hall–Kier alpha value is -3.56. The van der Waals surface area contributed by atoms with Gasteiger partial charge in [-0.15, -0.1) is 0 Å². The molecule has 2 N–H and O–H groups in total. The van der Waals surface area contributed by atoms with Crippen LogP contribution in [0.1, 0.15) is 21.5 Å². The molecule has 0 bridgehead atoms. The Morgan fingerprint density at radius 1 is 1.06 bits per heavy atom. The molecule has 0 spiro atoms. The minimum atomic E-state index is -0.243. The Kier molecular flexibility index (Phi) is 8.23. The molecule has 0 unspecified atom stereocenters. The van der Waals surface area contributed by atoms with Crippen molar-refractivity contribution in [2.24, 2.45) is 0 Å². The molecule has 2 amide bonds. The van der Waals surface area contributed by atoms with Gasteiger partial charge in [0.05, 0.1) is 11.4 Å². The summed E-state index contributed by atoms with van der Waals surface area (Å²) in [6, 6.07) is 21.8. The molecule has 35 heavy (non-hydrogen) atoms. The van der Waals surface area contributed by atoms with Crippen molar-refractivity contribution >= 4 is 59.5 Å². The average molecular weight is 500 g/mol. The number of rotatable bonds is 9. The topological polar surface area (TPSA) is 76.7 Å². The van der Waals surface area contributed by atoms with Gasteiger partial charge in [-0.3, -0.25) is 9.59 Å². The van der Waals surface area contributed by atoms with E-state index in [4.69, 9.17) is 29.5 Å². The van der Waals surface area contributed by atoms with Crippen molar-refractivity contribution < 1.29 is 19.1 Å². The van der Waals surface area contributed by atoms with Crippen molar-refractivity contribution in [2.75, 3.05) is 13.2 Å². The Bertz CT molecular complexity index is 1280. The molecule has 9 heteroatoms. The Morgan fingerprint density at radius 3 is 2.57 bits per heavy atom. The lowest BCUT2D eigenvalue weighted by Crippen LogP contribution is -2.28. The third kappa shape index (κ3) is 6.74. The molecule has 0 atom stereocenters. The van der Waals surface area contributed by atoms with Gasteiger partial charge < -0.3 is 20.1 Å². The predicted octanol–water partition coefficient (Wildman–Crippen LogP) is 3.36. The molecule has 0 saturated carbocycles. The minimum absolute atomic E-state index is 0.161. The molecule has 1 saturated heterocycles. The van der Waals surface area contributed by atoms with Crippen LogP contribution in [0.5, 0.6) is 11.5 Å². The van der Waals surface area contributed by atoms with E-state index in [0.717, 1.165) is 5.56 Å². The lowest BCUT2D eigenvalue weighted by Gasteiger charge is -2.14. The molecule has 1 aliphatic rings. The van der Waals surface area contributed by atoms with Crippen LogP contribution in [0.4, 0.5) is 0 Å². The summed E-state index contributed by atoms with van der Waals surface area (Å²) < 4.78 is 12.3. The van der Waals surface area contributed by atoms with Gasteiger partial charge >= 0.3 is 0 Å². The van der Waals surface area contributed by atoms with Crippen molar-refractivity contribution in [2.45, 2.75) is 6.61 Å². The molecular weight excluding hydrogens is 479 g/mol. The first-order valence-electron chi connectivity index (χ1n) is 10.8. The smallest absolute Gasteiger partial charge is 0.263 e. The van der Waals surface area contributed by atoms with E-state index >= 15 is 0 Å². The van der Waals surface area contributed by atoms with E-state index in [1.54, 1.807) is 30.3 Å². The maximum Gasteiger partial charge on any atom is 0.263 e. The molecule has 0 aliphatic carbocycles. The van der Waals surface area contributed by atoms with E-state index in [1.165, 1.54) is 11.8 Å². The first-order valence-corrected chi connectivity index (χ1v) is 12.0. The highest BCUT2D eigenvalue weighted by molar-refractivity contribution is 8.26. The predicted molar refractivity (Wildman–Crippen MR) is 143 cm³/mol. The SMILES string of the molecule is [B]c1ccccc1COc1cc(OCCNC(=O)c2ccccc2)ccc1/C=C1\SC(=S)NC1=O. The third-order valence-electron chi connectivity index (χ3n) is 5.04. The van der Waals surface area contributed by atoms with Gasteiger partial charge in [-0.1, -0.05) is 71.9 Å². The number of thiocarbonyl (C=S) groups is 1. The number of carbonyl (C=O) groups is 2. The second-order valence-corrected chi connectivity index (χ2v) is 9.23. The second-order valence-electron chi connectivity index (χ2n) is 7.51. The van der Waals surface area contributed by atoms with E-state index < -0.39 is 0 Å². The number of ether oxygens (including phenoxy) is 2. The maximum absolute atomic E-state index is 12.2. The van der Waals surface area contributed by atoms with Crippen molar-refractivity contribution in [1.29, 1.82) is 0 Å². The van der Waals surface area contributed by atoms with E-state index in [9.17, 15) is 9.59 Å². The quantitative estimate of drug-likeness (QED) is 0.203. The van der Waals surface area contributed by atoms with Gasteiger partial charge in [-0.05, 0) is 35.9 Å². The Labute approximate surface area is 214 Å². The van der Waals surface area contributed by atoms with Gasteiger partial charge in [0.1, 0.15) is 36.9 Å². The molecule has 6 nitrogen and oxygen atoms in total. The van der Waals surface area contributed by atoms with Crippen LogP contribution in [0.3, 0.4) is 0 Å². The van der Waals surface area contributed by atoms with Crippen LogP contribution in [0.25, 0.3) is 6.08 Å². The van der Waals surface area contributed by atoms with Gasteiger partial charge in [0.15, 0.2) is 0 Å². The largest absolute Gasteiger partial charge is 0.492 e. The zero-order valence-electron chi connectivity index (χ0n) is 18.7. The fraction of sp³-hybridized carbons (Fsp3) is 0.115. The number of hydrogen-bond acceptors (Lipinski definition) is 6. The highest BCUT2D eigenvalue weighted by Gasteiger charge is 2.22. The molecule has 2 radical (unpaired) electrons. The van der Waals surface area contributed by atoms with Crippen molar-refractivity contribution in [3.63, 3.8) is 0 Å². The zero-order chi connectivity index (χ0) is 24.6. The number of thioether (sulfide) groups is 1. The summed E-state index contributed by atoms with van der Waals surface area (Å²) >= 11 is 6.28. The molecular formula is C26H21BN2O4S2. The summed E-state index contributed by atoms with van der Waals surface area (Å²) in [7, 11) is 6.04. The fourth-order valence-corrected chi connectivity index (χ4v) is 4.29. The van der Waals surface area contributed by atoms with Gasteiger partial charge in [0.25, 0.3) is 11.8 Å². The summed E-state index contributed by atoms with van der Waals surface area (Å²) in [4.78, 5) is 24.8. The average Bonchev–Trinajstić information content (AvgIpc) is 3.19. The zero-order valence-corrected chi connectivity index (χ0v) is 20.3. The molecule has 1 aliphatic heterocycles. The summed E-state index contributed by atoms with van der Waals surface area (Å²) in [6.07, 6.45) is 1.73. The first-order chi connectivity index (χ1) is 17.0. The normalized spacial score (nSPS) is 14.0. The summed E-state index contributed by atoms with van der Waals surface area (Å²) in [5, 5.41) is 5.44. The van der Waals surface area contributed by atoms with Gasteiger partial charge in [0, 0.05) is 17.2 Å². The summed E-state index contributed by atoms with van der Waals surface area (Å²) in [5.74, 6) is 0.688. The maximum atomic E-state index is 12.2.